The van der Waals surface area contributed by atoms with Gasteiger partial charge in [0, 0.05) is 97.3 Å². The van der Waals surface area contributed by atoms with Gasteiger partial charge in [-0.3, -0.25) is 43.7 Å². The van der Waals surface area contributed by atoms with E-state index in [1.54, 1.807) is 54.6 Å². The van der Waals surface area contributed by atoms with Crippen molar-refractivity contribution in [3.63, 3.8) is 0 Å². The van der Waals surface area contributed by atoms with Crippen molar-refractivity contribution in [2.45, 2.75) is 71.5 Å². The number of halogens is 1. The first-order chi connectivity index (χ1) is 30.9. The van der Waals surface area contributed by atoms with Gasteiger partial charge in [-0.2, -0.15) is 5.26 Å². The molecule has 2 saturated heterocycles. The second kappa shape index (κ2) is 31.1. The smallest absolute Gasteiger partial charge is 0.335 e. The molecule has 2 aromatic carbocycles. The minimum absolute atomic E-state index is 0.0813. The van der Waals surface area contributed by atoms with E-state index in [1.807, 2.05) is 51.3 Å². The van der Waals surface area contributed by atoms with Crippen molar-refractivity contribution < 1.29 is 58.7 Å². The van der Waals surface area contributed by atoms with E-state index >= 15 is 0 Å². The van der Waals surface area contributed by atoms with Gasteiger partial charge >= 0.3 is 35.8 Å². The maximum Gasteiger partial charge on any atom is 0.335 e. The molecule has 2 aliphatic heterocycles. The number of carbonyl (C=O) groups is 6. The quantitative estimate of drug-likeness (QED) is 0.142. The zero-order chi connectivity index (χ0) is 49.9. The van der Waals surface area contributed by atoms with E-state index < -0.39 is 35.1 Å². The van der Waals surface area contributed by atoms with E-state index in [0.717, 1.165) is 42.6 Å². The van der Waals surface area contributed by atoms with E-state index in [0.29, 0.717) is 64.5 Å². The standard InChI is InChI=1S/C18H25N3O6.C18H35N3O4.C8H7BrO2.C2H3N/c22-16(23)12-20-7-5-19(6-8-21(10-9-20)13-17(24)25)11-14-1-3-15(4-2-14)18(26)27;1-17(2,3)24-15(22)13-20-9-7-19-8-10-21(12-11-20)14-16(23)25-18(4,5)6;9-5-6-1-3-7(4-2-6)8(10)11;1-2-3/h1-4H,5-13H2,(H,22,23)(H,24,25)(H,26,27);19H,7-14H2,1-6H3;1-4H,5H2,(H,10,11);1H3. The number of carboxylic acids is 4. The highest BCUT2D eigenvalue weighted by molar-refractivity contribution is 9.08. The van der Waals surface area contributed by atoms with Gasteiger partial charge in [0.1, 0.15) is 11.2 Å². The number of nitriles is 1. The molecular weight excluding hydrogens is 922 g/mol. The van der Waals surface area contributed by atoms with Crippen molar-refractivity contribution in [2.24, 2.45) is 0 Å². The summed E-state index contributed by atoms with van der Waals surface area (Å²) in [7, 11) is 0. The summed E-state index contributed by atoms with van der Waals surface area (Å²) < 4.78 is 10.8. The number of benzene rings is 2. The highest BCUT2D eigenvalue weighted by Gasteiger charge is 2.23. The van der Waals surface area contributed by atoms with E-state index in [2.05, 4.69) is 35.9 Å². The molecule has 368 valence electrons. The summed E-state index contributed by atoms with van der Waals surface area (Å²) in [6.07, 6.45) is 0. The van der Waals surface area contributed by atoms with Crippen LogP contribution in [-0.4, -0.2) is 197 Å². The maximum atomic E-state index is 12.1. The number of carboxylic acid groups (broad SMARTS) is 4. The number of esters is 2. The number of nitrogens with zero attached hydrogens (tertiary/aromatic N) is 6. The summed E-state index contributed by atoms with van der Waals surface area (Å²) in [6.45, 7) is 21.6. The predicted octanol–water partition coefficient (Wildman–Crippen LogP) is 3.66. The minimum Gasteiger partial charge on any atom is -0.480 e. The second-order valence-electron chi connectivity index (χ2n) is 17.5. The molecule has 2 fully saturated rings. The van der Waals surface area contributed by atoms with Crippen molar-refractivity contribution in [3.05, 3.63) is 70.8 Å². The molecule has 0 unspecified atom stereocenters. The van der Waals surface area contributed by atoms with Crippen LogP contribution in [0, 0.1) is 11.3 Å². The lowest BCUT2D eigenvalue weighted by Crippen LogP contribution is -2.42. The third-order valence-electron chi connectivity index (χ3n) is 9.36. The zero-order valence-corrected chi connectivity index (χ0v) is 41.0. The highest BCUT2D eigenvalue weighted by atomic mass is 79.9. The SMILES string of the molecule is CC#N.CC(C)(C)OC(=O)CN1CCNCCN(CC(=O)OC(C)(C)C)CC1.O=C(O)CN1CCN(CC(=O)O)CCN(Cc2ccc(C(=O)O)cc2)CC1.O=C(O)c1ccc(CBr)cc1. The molecule has 0 saturated carbocycles. The van der Waals surface area contributed by atoms with E-state index in [4.69, 9.17) is 35.2 Å². The molecule has 2 heterocycles. The Kier molecular flexibility index (Phi) is 27.8. The van der Waals surface area contributed by atoms with Crippen LogP contribution >= 0.6 is 15.9 Å². The van der Waals surface area contributed by atoms with Crippen molar-refractivity contribution in [3.8, 4) is 6.07 Å². The summed E-state index contributed by atoms with van der Waals surface area (Å²) >= 11 is 3.27. The Hall–Kier alpha value is -5.01. The summed E-state index contributed by atoms with van der Waals surface area (Å²) in [5, 5.41) is 47.1. The molecule has 2 aromatic rings. The Morgan fingerprint density at radius 2 is 0.864 bits per heavy atom. The Morgan fingerprint density at radius 3 is 1.15 bits per heavy atom. The zero-order valence-electron chi connectivity index (χ0n) is 39.5. The number of carbonyl (C=O) groups excluding carboxylic acids is 2. The Morgan fingerprint density at radius 1 is 0.561 bits per heavy atom. The molecule has 0 radical (unpaired) electrons. The van der Waals surface area contributed by atoms with Crippen molar-refractivity contribution in [1.29, 1.82) is 5.26 Å². The molecule has 19 nitrogen and oxygen atoms in total. The van der Waals surface area contributed by atoms with E-state index in [1.165, 1.54) is 6.92 Å². The summed E-state index contributed by atoms with van der Waals surface area (Å²) in [6, 6.07) is 15.2. The molecule has 0 spiro atoms. The third-order valence-corrected chi connectivity index (χ3v) is 10.0. The molecule has 0 aliphatic carbocycles. The van der Waals surface area contributed by atoms with Gasteiger partial charge in [-0.1, -0.05) is 40.2 Å². The highest BCUT2D eigenvalue weighted by Crippen LogP contribution is 2.12. The number of aliphatic carboxylic acids is 2. The average molecular weight is 993 g/mol. The Labute approximate surface area is 397 Å². The molecule has 20 heteroatoms. The maximum absolute atomic E-state index is 12.1. The number of nitrogens with one attached hydrogen (secondary N) is 1. The fourth-order valence-electron chi connectivity index (χ4n) is 6.32. The van der Waals surface area contributed by atoms with Crippen LogP contribution in [0.25, 0.3) is 0 Å². The lowest BCUT2D eigenvalue weighted by Gasteiger charge is -2.27. The van der Waals surface area contributed by atoms with E-state index in [9.17, 15) is 28.8 Å². The second-order valence-corrected chi connectivity index (χ2v) is 18.0. The number of hydrogen-bond donors (Lipinski definition) is 5. The molecule has 0 aromatic heterocycles. The average Bonchev–Trinajstić information content (AvgIpc) is 3.37. The van der Waals surface area contributed by atoms with Crippen LogP contribution in [0.2, 0.25) is 0 Å². The monoisotopic (exact) mass is 991 g/mol. The molecule has 4 rings (SSSR count). The molecule has 66 heavy (non-hydrogen) atoms. The number of alkyl halides is 1. The molecule has 2 aliphatic rings. The minimum atomic E-state index is -0.974. The van der Waals surface area contributed by atoms with Gasteiger partial charge in [-0.15, -0.1) is 0 Å². The molecule has 0 bridgehead atoms. The first kappa shape index (κ1) is 59.0. The van der Waals surface area contributed by atoms with Crippen LogP contribution < -0.4 is 5.32 Å². The van der Waals surface area contributed by atoms with Gasteiger partial charge in [0.15, 0.2) is 0 Å². The van der Waals surface area contributed by atoms with Crippen molar-refractivity contribution in [2.75, 3.05) is 105 Å². The van der Waals surface area contributed by atoms with Gasteiger partial charge < -0.3 is 35.2 Å². The van der Waals surface area contributed by atoms with Gasteiger partial charge in [0.25, 0.3) is 0 Å². The largest absolute Gasteiger partial charge is 0.480 e. The Balaban J connectivity index is 0.000000515. The van der Waals surface area contributed by atoms with Crippen LogP contribution in [-0.2, 0) is 40.5 Å². The van der Waals surface area contributed by atoms with Crippen LogP contribution in [0.5, 0.6) is 0 Å². The van der Waals surface area contributed by atoms with Crippen LogP contribution in [0.15, 0.2) is 48.5 Å². The van der Waals surface area contributed by atoms with Crippen LogP contribution in [0.4, 0.5) is 0 Å². The first-order valence-electron chi connectivity index (χ1n) is 21.6. The van der Waals surface area contributed by atoms with Crippen molar-refractivity contribution >= 4 is 51.7 Å². The van der Waals surface area contributed by atoms with Gasteiger partial charge in [-0.05, 0) is 76.9 Å². The van der Waals surface area contributed by atoms with Crippen LogP contribution in [0.1, 0.15) is 80.3 Å². The van der Waals surface area contributed by atoms with Gasteiger partial charge in [-0.25, -0.2) is 9.59 Å². The number of ether oxygens (including phenoxy) is 2. The first-order valence-corrected chi connectivity index (χ1v) is 22.8. The third kappa shape index (κ3) is 28.8. The molecular formula is C46H70BrN7O12. The Bertz CT molecular complexity index is 1780. The fourth-order valence-corrected chi connectivity index (χ4v) is 6.70. The number of aromatic carboxylic acids is 2. The normalized spacial score (nSPS) is 16.0. The van der Waals surface area contributed by atoms with E-state index in [-0.39, 0.29) is 43.7 Å². The fraction of sp³-hybridized carbons (Fsp3) is 0.587. The number of rotatable bonds is 13. The molecule has 0 atom stereocenters. The summed E-state index contributed by atoms with van der Waals surface area (Å²) in [4.78, 5) is 77.4. The number of hydrogen-bond acceptors (Lipinski definition) is 15. The topological polar surface area (TPSA) is 254 Å². The summed E-state index contributed by atoms with van der Waals surface area (Å²) in [5.41, 5.74) is 1.64. The van der Waals surface area contributed by atoms with Gasteiger partial charge in [0.05, 0.1) is 43.4 Å². The lowest BCUT2D eigenvalue weighted by atomic mass is 10.1. The lowest BCUT2D eigenvalue weighted by molar-refractivity contribution is -0.158. The van der Waals surface area contributed by atoms with Crippen LogP contribution in [0.3, 0.4) is 0 Å². The molecule has 5 N–H and O–H groups in total. The predicted molar refractivity (Wildman–Crippen MR) is 252 cm³/mol. The molecule has 0 amide bonds. The van der Waals surface area contributed by atoms with Gasteiger partial charge in [0.2, 0.25) is 0 Å². The van der Waals surface area contributed by atoms with Crippen molar-refractivity contribution in [1.82, 2.24) is 29.8 Å². The summed E-state index contributed by atoms with van der Waals surface area (Å²) in [5.74, 6) is -4.11.